The van der Waals surface area contributed by atoms with Gasteiger partial charge >= 0.3 is 0 Å². The first kappa shape index (κ1) is 14.7. The summed E-state index contributed by atoms with van der Waals surface area (Å²) in [5.41, 5.74) is -0.468. The normalized spacial score (nSPS) is 12.5. The van der Waals surface area contributed by atoms with Gasteiger partial charge in [0.15, 0.2) is 0 Å². The van der Waals surface area contributed by atoms with Gasteiger partial charge in [-0.05, 0) is 39.5 Å². The van der Waals surface area contributed by atoms with Crippen LogP contribution < -0.4 is 0 Å². The van der Waals surface area contributed by atoms with Crippen LogP contribution in [0.25, 0.3) is 0 Å². The lowest BCUT2D eigenvalue weighted by Gasteiger charge is -2.16. The maximum atomic E-state index is 9.51. The van der Waals surface area contributed by atoms with Crippen molar-refractivity contribution >= 4 is 0 Å². The Kier molecular flexibility index (Phi) is 8.79. The lowest BCUT2D eigenvalue weighted by atomic mass is 10.00. The van der Waals surface area contributed by atoms with Crippen molar-refractivity contribution in [2.75, 3.05) is 0 Å². The average Bonchev–Trinajstić information content (AvgIpc) is 2.14. The number of hydrogen-bond donors (Lipinski definition) is 1. The van der Waals surface area contributed by atoms with E-state index in [4.69, 9.17) is 0 Å². The van der Waals surface area contributed by atoms with E-state index in [1.807, 2.05) is 13.8 Å². The first-order valence-corrected chi connectivity index (χ1v) is 6.43. The van der Waals surface area contributed by atoms with Crippen LogP contribution in [-0.2, 0) is 0 Å². The third-order valence-electron chi connectivity index (χ3n) is 2.56. The number of unbranched alkanes of at least 4 members (excludes halogenated alkanes) is 5. The molecule has 0 bridgehead atoms. The molecule has 1 N–H and O–H groups in total. The summed E-state index contributed by atoms with van der Waals surface area (Å²) in [6, 6.07) is 0. The summed E-state index contributed by atoms with van der Waals surface area (Å²) in [4.78, 5) is 0. The van der Waals surface area contributed by atoms with Crippen LogP contribution in [0.15, 0.2) is 12.2 Å². The second-order valence-electron chi connectivity index (χ2n) is 5.00. The maximum Gasteiger partial charge on any atom is 0.0591 e. The Morgan fingerprint density at radius 3 is 2.13 bits per heavy atom. The van der Waals surface area contributed by atoms with Crippen molar-refractivity contribution in [3.8, 4) is 0 Å². The van der Waals surface area contributed by atoms with Crippen LogP contribution in [0.4, 0.5) is 0 Å². The van der Waals surface area contributed by atoms with Gasteiger partial charge in [-0.1, -0.05) is 44.8 Å². The third-order valence-corrected chi connectivity index (χ3v) is 2.56. The van der Waals surface area contributed by atoms with Crippen LogP contribution in [-0.4, -0.2) is 10.7 Å². The molecular weight excluding hydrogens is 184 g/mol. The summed E-state index contributed by atoms with van der Waals surface area (Å²) in [6.07, 6.45) is 14.3. The molecule has 15 heavy (non-hydrogen) atoms. The Morgan fingerprint density at radius 2 is 1.53 bits per heavy atom. The zero-order valence-electron chi connectivity index (χ0n) is 10.8. The second kappa shape index (κ2) is 8.96. The molecule has 0 amide bonds. The molecule has 90 valence electrons. The first-order chi connectivity index (χ1) is 7.06. The van der Waals surface area contributed by atoms with Gasteiger partial charge in [-0.15, -0.1) is 0 Å². The van der Waals surface area contributed by atoms with Crippen LogP contribution in [0.2, 0.25) is 0 Å². The minimum Gasteiger partial charge on any atom is -0.390 e. The topological polar surface area (TPSA) is 20.2 Å². The van der Waals surface area contributed by atoms with Gasteiger partial charge in [-0.2, -0.15) is 0 Å². The fourth-order valence-corrected chi connectivity index (χ4v) is 1.63. The molecule has 0 radical (unpaired) electrons. The number of allylic oxidation sites excluding steroid dienone is 2. The highest BCUT2D eigenvalue weighted by Crippen LogP contribution is 2.14. The predicted octanol–water partition coefficient (Wildman–Crippen LogP) is 4.45. The Labute approximate surface area is 95.6 Å². The number of aliphatic hydroxyl groups is 1. The van der Waals surface area contributed by atoms with E-state index in [-0.39, 0.29) is 0 Å². The van der Waals surface area contributed by atoms with Crippen molar-refractivity contribution < 1.29 is 5.11 Å². The van der Waals surface area contributed by atoms with Crippen LogP contribution in [0.5, 0.6) is 0 Å². The van der Waals surface area contributed by atoms with E-state index in [9.17, 15) is 5.11 Å². The van der Waals surface area contributed by atoms with Crippen LogP contribution in [0, 0.1) is 0 Å². The summed E-state index contributed by atoms with van der Waals surface area (Å²) < 4.78 is 0. The lowest BCUT2D eigenvalue weighted by Crippen LogP contribution is -2.17. The van der Waals surface area contributed by atoms with E-state index in [2.05, 4.69) is 19.1 Å². The van der Waals surface area contributed by atoms with Gasteiger partial charge in [0.05, 0.1) is 5.60 Å². The van der Waals surface area contributed by atoms with Crippen molar-refractivity contribution in [1.29, 1.82) is 0 Å². The Hall–Kier alpha value is -0.300. The van der Waals surface area contributed by atoms with Gasteiger partial charge in [0.2, 0.25) is 0 Å². The molecule has 0 unspecified atom stereocenters. The summed E-state index contributed by atoms with van der Waals surface area (Å²) in [5.74, 6) is 0. The van der Waals surface area contributed by atoms with E-state index in [1.54, 1.807) is 0 Å². The van der Waals surface area contributed by atoms with Crippen LogP contribution >= 0.6 is 0 Å². The van der Waals surface area contributed by atoms with Crippen molar-refractivity contribution in [3.05, 3.63) is 12.2 Å². The predicted molar refractivity (Wildman–Crippen MR) is 68.0 cm³/mol. The van der Waals surface area contributed by atoms with Crippen molar-refractivity contribution in [1.82, 2.24) is 0 Å². The molecule has 0 aromatic rings. The molecule has 0 aromatic heterocycles. The van der Waals surface area contributed by atoms with Gasteiger partial charge in [-0.3, -0.25) is 0 Å². The molecule has 0 aromatic carbocycles. The highest BCUT2D eigenvalue weighted by Gasteiger charge is 2.10. The van der Waals surface area contributed by atoms with Crippen LogP contribution in [0.1, 0.15) is 72.1 Å². The quantitative estimate of drug-likeness (QED) is 0.442. The average molecular weight is 212 g/mol. The SMILES string of the molecule is CC/C=C/CCCCCCCC(C)(C)O. The Balaban J connectivity index is 3.09. The fourth-order valence-electron chi connectivity index (χ4n) is 1.63. The molecule has 1 nitrogen and oxygen atoms in total. The summed E-state index contributed by atoms with van der Waals surface area (Å²) >= 11 is 0. The molecule has 1 heteroatoms. The van der Waals surface area contributed by atoms with E-state index < -0.39 is 5.60 Å². The Morgan fingerprint density at radius 1 is 0.933 bits per heavy atom. The van der Waals surface area contributed by atoms with Gasteiger partial charge < -0.3 is 5.11 Å². The molecule has 0 saturated carbocycles. The molecule has 0 aliphatic carbocycles. The van der Waals surface area contributed by atoms with E-state index >= 15 is 0 Å². The summed E-state index contributed by atoms with van der Waals surface area (Å²) in [6.45, 7) is 5.96. The van der Waals surface area contributed by atoms with E-state index in [0.717, 1.165) is 19.3 Å². The van der Waals surface area contributed by atoms with Crippen molar-refractivity contribution in [2.24, 2.45) is 0 Å². The van der Waals surface area contributed by atoms with Gasteiger partial charge in [-0.25, -0.2) is 0 Å². The van der Waals surface area contributed by atoms with Gasteiger partial charge in [0, 0.05) is 0 Å². The minimum absolute atomic E-state index is 0.468. The standard InChI is InChI=1S/C14H28O/c1-4-5-6-7-8-9-10-11-12-13-14(2,3)15/h5-6,15H,4,7-13H2,1-3H3/b6-5+. The lowest BCUT2D eigenvalue weighted by molar-refractivity contribution is 0.0680. The molecule has 0 fully saturated rings. The number of hydrogen-bond acceptors (Lipinski definition) is 1. The van der Waals surface area contributed by atoms with Gasteiger partial charge in [0.25, 0.3) is 0 Å². The monoisotopic (exact) mass is 212 g/mol. The van der Waals surface area contributed by atoms with Gasteiger partial charge in [0.1, 0.15) is 0 Å². The maximum absolute atomic E-state index is 9.51. The number of rotatable bonds is 9. The molecule has 0 rings (SSSR count). The van der Waals surface area contributed by atoms with E-state index in [0.29, 0.717) is 0 Å². The molecule has 0 spiro atoms. The molecule has 0 aliphatic heterocycles. The minimum atomic E-state index is -0.468. The summed E-state index contributed by atoms with van der Waals surface area (Å²) in [5, 5.41) is 9.51. The fraction of sp³-hybridized carbons (Fsp3) is 0.857. The highest BCUT2D eigenvalue weighted by molar-refractivity contribution is 4.79. The largest absolute Gasteiger partial charge is 0.390 e. The zero-order valence-corrected chi connectivity index (χ0v) is 10.8. The molecule has 0 heterocycles. The molecule has 0 saturated heterocycles. The zero-order chi connectivity index (χ0) is 11.6. The molecular formula is C14H28O. The second-order valence-corrected chi connectivity index (χ2v) is 5.00. The third kappa shape index (κ3) is 13.7. The van der Waals surface area contributed by atoms with E-state index in [1.165, 1.54) is 32.1 Å². The molecule has 0 aliphatic rings. The van der Waals surface area contributed by atoms with Crippen molar-refractivity contribution in [2.45, 2.75) is 77.7 Å². The molecule has 0 atom stereocenters. The van der Waals surface area contributed by atoms with Crippen molar-refractivity contribution in [3.63, 3.8) is 0 Å². The Bertz CT molecular complexity index is 153. The van der Waals surface area contributed by atoms with Crippen LogP contribution in [0.3, 0.4) is 0 Å². The summed E-state index contributed by atoms with van der Waals surface area (Å²) in [7, 11) is 0. The smallest absolute Gasteiger partial charge is 0.0591 e. The first-order valence-electron chi connectivity index (χ1n) is 6.43. The highest BCUT2D eigenvalue weighted by atomic mass is 16.3.